The van der Waals surface area contributed by atoms with E-state index >= 15 is 0 Å². The molecule has 0 N–H and O–H groups in total. The van der Waals surface area contributed by atoms with Gasteiger partial charge in [0.15, 0.2) is 0 Å². The molecule has 2 fully saturated rings. The molecule has 2 atom stereocenters. The van der Waals surface area contributed by atoms with Crippen LogP contribution in [0.4, 0.5) is 0 Å². The van der Waals surface area contributed by atoms with Crippen molar-refractivity contribution in [2.24, 2.45) is 11.8 Å². The summed E-state index contributed by atoms with van der Waals surface area (Å²) < 4.78 is 0. The van der Waals surface area contributed by atoms with Crippen molar-refractivity contribution in [2.75, 3.05) is 13.1 Å². The van der Waals surface area contributed by atoms with Crippen LogP contribution >= 0.6 is 22.7 Å². The minimum atomic E-state index is 0.127. The van der Waals surface area contributed by atoms with Gasteiger partial charge in [0, 0.05) is 29.4 Å². The van der Waals surface area contributed by atoms with Gasteiger partial charge in [-0.2, -0.15) is 11.3 Å². The fraction of sp³-hybridized carbons (Fsp3) is 0.529. The van der Waals surface area contributed by atoms with E-state index in [4.69, 9.17) is 0 Å². The molecule has 0 unspecified atom stereocenters. The molecule has 3 nitrogen and oxygen atoms in total. The van der Waals surface area contributed by atoms with Crippen molar-refractivity contribution in [3.05, 3.63) is 27.9 Å². The number of piperidine rings is 1. The van der Waals surface area contributed by atoms with Crippen molar-refractivity contribution in [3.8, 4) is 10.6 Å². The van der Waals surface area contributed by atoms with Gasteiger partial charge in [-0.25, -0.2) is 4.98 Å². The molecule has 3 heterocycles. The molecule has 1 aliphatic carbocycles. The number of thiophene rings is 1. The van der Waals surface area contributed by atoms with Crippen LogP contribution in [-0.4, -0.2) is 28.9 Å². The number of nitrogens with zero attached hydrogens (tertiary/aromatic N) is 2. The summed E-state index contributed by atoms with van der Waals surface area (Å²) in [6, 6.07) is 2.06. The van der Waals surface area contributed by atoms with Gasteiger partial charge in [0.2, 0.25) is 0 Å². The summed E-state index contributed by atoms with van der Waals surface area (Å²) in [5, 5.41) is 7.01. The van der Waals surface area contributed by atoms with Crippen LogP contribution in [0.25, 0.3) is 10.6 Å². The Morgan fingerprint density at radius 2 is 2.05 bits per heavy atom. The molecule has 1 aliphatic heterocycles. The van der Waals surface area contributed by atoms with Crippen LogP contribution in [0, 0.1) is 11.8 Å². The first-order chi connectivity index (χ1) is 10.8. The van der Waals surface area contributed by atoms with E-state index in [1.54, 1.807) is 22.7 Å². The van der Waals surface area contributed by atoms with Crippen LogP contribution in [0.1, 0.15) is 42.6 Å². The summed E-state index contributed by atoms with van der Waals surface area (Å²) in [7, 11) is 0. The van der Waals surface area contributed by atoms with Crippen molar-refractivity contribution < 1.29 is 4.79 Å². The third-order valence-electron chi connectivity index (χ3n) is 5.07. The number of hydrogen-bond acceptors (Lipinski definition) is 4. The van der Waals surface area contributed by atoms with Crippen molar-refractivity contribution in [1.82, 2.24) is 9.88 Å². The quantitative estimate of drug-likeness (QED) is 0.810. The van der Waals surface area contributed by atoms with Crippen molar-refractivity contribution >= 4 is 28.6 Å². The molecule has 2 aromatic rings. The molecule has 2 aromatic heterocycles. The van der Waals surface area contributed by atoms with E-state index in [1.165, 1.54) is 32.1 Å². The third-order valence-corrected chi connectivity index (χ3v) is 6.64. The Morgan fingerprint density at radius 1 is 1.18 bits per heavy atom. The number of likely N-dealkylation sites (tertiary alicyclic amines) is 1. The Kier molecular flexibility index (Phi) is 4.01. The number of carbonyl (C=O) groups excluding carboxylic acids is 1. The molecule has 4 rings (SSSR count). The standard InChI is InChI=1S/C17H20N2OS2/c20-17(15-11-22-16(18-15)14-6-8-21-10-14)19-7-5-12-3-1-2-4-13(12)9-19/h6,8,10-13H,1-5,7,9H2/t12-,13-/m1/s1. The SMILES string of the molecule is O=C(c1csc(-c2ccsc2)n1)N1CC[C@H]2CCCC[C@@H]2C1. The van der Waals surface area contributed by atoms with Crippen LogP contribution in [0.15, 0.2) is 22.2 Å². The van der Waals surface area contributed by atoms with Gasteiger partial charge in [-0.1, -0.05) is 19.3 Å². The normalized spacial score (nSPS) is 25.0. The van der Waals surface area contributed by atoms with E-state index < -0.39 is 0 Å². The molecule has 0 aromatic carbocycles. The second-order valence-corrected chi connectivity index (χ2v) is 8.03. The molecule has 0 spiro atoms. The molecule has 5 heteroatoms. The van der Waals surface area contributed by atoms with Crippen molar-refractivity contribution in [1.29, 1.82) is 0 Å². The first kappa shape index (κ1) is 14.4. The maximum absolute atomic E-state index is 12.7. The van der Waals surface area contributed by atoms with E-state index in [-0.39, 0.29) is 5.91 Å². The van der Waals surface area contributed by atoms with Gasteiger partial charge in [0.05, 0.1) is 0 Å². The van der Waals surface area contributed by atoms with E-state index in [2.05, 4.69) is 16.4 Å². The van der Waals surface area contributed by atoms with Crippen molar-refractivity contribution in [3.63, 3.8) is 0 Å². The molecule has 116 valence electrons. The van der Waals surface area contributed by atoms with E-state index in [0.717, 1.165) is 35.5 Å². The van der Waals surface area contributed by atoms with Crippen molar-refractivity contribution in [2.45, 2.75) is 32.1 Å². The van der Waals surface area contributed by atoms with E-state index in [9.17, 15) is 4.79 Å². The highest BCUT2D eigenvalue weighted by molar-refractivity contribution is 7.14. The Labute approximate surface area is 139 Å². The smallest absolute Gasteiger partial charge is 0.273 e. The lowest BCUT2D eigenvalue weighted by Crippen LogP contribution is -2.44. The number of fused-ring (bicyclic) bond motifs is 1. The third kappa shape index (κ3) is 2.72. The van der Waals surface area contributed by atoms with Gasteiger partial charge >= 0.3 is 0 Å². The number of rotatable bonds is 2. The van der Waals surface area contributed by atoms with Gasteiger partial charge in [-0.15, -0.1) is 11.3 Å². The van der Waals surface area contributed by atoms with Gasteiger partial charge < -0.3 is 4.90 Å². The van der Waals surface area contributed by atoms with Gasteiger partial charge in [0.25, 0.3) is 5.91 Å². The summed E-state index contributed by atoms with van der Waals surface area (Å²) >= 11 is 3.23. The zero-order valence-electron chi connectivity index (χ0n) is 12.5. The Balaban J connectivity index is 1.48. The Hall–Kier alpha value is -1.20. The summed E-state index contributed by atoms with van der Waals surface area (Å²) in [5.74, 6) is 1.71. The van der Waals surface area contributed by atoms with E-state index in [0.29, 0.717) is 5.69 Å². The molecule has 0 bridgehead atoms. The molecule has 1 saturated carbocycles. The zero-order chi connectivity index (χ0) is 14.9. The van der Waals surface area contributed by atoms with Crippen LogP contribution in [-0.2, 0) is 0 Å². The maximum atomic E-state index is 12.7. The number of amides is 1. The van der Waals surface area contributed by atoms with E-state index in [1.807, 2.05) is 15.7 Å². The number of carbonyl (C=O) groups is 1. The highest BCUT2D eigenvalue weighted by Gasteiger charge is 2.33. The van der Waals surface area contributed by atoms with Gasteiger partial charge in [0.1, 0.15) is 10.7 Å². The lowest BCUT2D eigenvalue weighted by molar-refractivity contribution is 0.0516. The molecule has 0 radical (unpaired) electrons. The summed E-state index contributed by atoms with van der Waals surface area (Å²) in [5.41, 5.74) is 1.75. The summed E-state index contributed by atoms with van der Waals surface area (Å²) in [6.45, 7) is 1.85. The first-order valence-corrected chi connectivity index (χ1v) is 9.91. The van der Waals surface area contributed by atoms with Gasteiger partial charge in [-0.3, -0.25) is 4.79 Å². The average Bonchev–Trinajstić information content (AvgIpc) is 3.24. The monoisotopic (exact) mass is 332 g/mol. The number of aromatic nitrogens is 1. The summed E-state index contributed by atoms with van der Waals surface area (Å²) in [4.78, 5) is 19.3. The van der Waals surface area contributed by atoms with Crippen LogP contribution < -0.4 is 0 Å². The van der Waals surface area contributed by atoms with Crippen LogP contribution in [0.2, 0.25) is 0 Å². The molecule has 22 heavy (non-hydrogen) atoms. The first-order valence-electron chi connectivity index (χ1n) is 8.08. The topological polar surface area (TPSA) is 33.2 Å². The fourth-order valence-corrected chi connectivity index (χ4v) is 5.34. The fourth-order valence-electron chi connectivity index (χ4n) is 3.84. The highest BCUT2D eigenvalue weighted by atomic mass is 32.1. The molecular weight excluding hydrogens is 312 g/mol. The molecule has 1 amide bonds. The minimum absolute atomic E-state index is 0.127. The lowest BCUT2D eigenvalue weighted by atomic mass is 9.75. The lowest BCUT2D eigenvalue weighted by Gasteiger charge is -2.41. The Bertz CT molecular complexity index is 649. The highest BCUT2D eigenvalue weighted by Crippen LogP contribution is 2.36. The molecule has 1 saturated heterocycles. The average molecular weight is 332 g/mol. The minimum Gasteiger partial charge on any atom is -0.337 e. The number of hydrogen-bond donors (Lipinski definition) is 0. The summed E-state index contributed by atoms with van der Waals surface area (Å²) in [6.07, 6.45) is 6.56. The predicted octanol–water partition coefficient (Wildman–Crippen LogP) is 4.52. The maximum Gasteiger partial charge on any atom is 0.273 e. The van der Waals surface area contributed by atoms with Crippen LogP contribution in [0.5, 0.6) is 0 Å². The second kappa shape index (κ2) is 6.13. The van der Waals surface area contributed by atoms with Gasteiger partial charge in [-0.05, 0) is 36.1 Å². The largest absolute Gasteiger partial charge is 0.337 e. The van der Waals surface area contributed by atoms with Crippen LogP contribution in [0.3, 0.4) is 0 Å². The molecular formula is C17H20N2OS2. The zero-order valence-corrected chi connectivity index (χ0v) is 14.2. The second-order valence-electron chi connectivity index (χ2n) is 6.39. The predicted molar refractivity (Wildman–Crippen MR) is 91.4 cm³/mol. The number of thiazole rings is 1. The molecule has 2 aliphatic rings. The Morgan fingerprint density at radius 3 is 2.86 bits per heavy atom.